The third kappa shape index (κ3) is 2.79. The summed E-state index contributed by atoms with van der Waals surface area (Å²) in [6.07, 6.45) is 0. The van der Waals surface area contributed by atoms with Crippen molar-refractivity contribution in [3.05, 3.63) is 48.0 Å². The van der Waals surface area contributed by atoms with Crippen molar-refractivity contribution in [2.75, 3.05) is 14.2 Å². The standard InChI is InChI=1S/C15H16O2S/c1-11-9-15(14(17-3)10-13(11)16-2)18-12-7-5-4-6-8-12/h4-10H,1-3H3. The fourth-order valence-corrected chi connectivity index (χ4v) is 2.74. The second-order valence-corrected chi connectivity index (χ2v) is 5.00. The van der Waals surface area contributed by atoms with Gasteiger partial charge in [0.1, 0.15) is 11.5 Å². The molecule has 0 aliphatic heterocycles. The maximum atomic E-state index is 5.41. The van der Waals surface area contributed by atoms with Gasteiger partial charge in [-0.2, -0.15) is 0 Å². The summed E-state index contributed by atoms with van der Waals surface area (Å²) in [6.45, 7) is 2.04. The smallest absolute Gasteiger partial charge is 0.136 e. The zero-order chi connectivity index (χ0) is 13.0. The highest BCUT2D eigenvalue weighted by Crippen LogP contribution is 2.38. The normalized spacial score (nSPS) is 10.2. The maximum absolute atomic E-state index is 5.41. The van der Waals surface area contributed by atoms with Crippen LogP contribution in [-0.2, 0) is 0 Å². The molecule has 0 bridgehead atoms. The summed E-state index contributed by atoms with van der Waals surface area (Å²) in [4.78, 5) is 2.29. The van der Waals surface area contributed by atoms with Crippen molar-refractivity contribution in [3.8, 4) is 11.5 Å². The summed E-state index contributed by atoms with van der Waals surface area (Å²) in [5.74, 6) is 1.69. The Morgan fingerprint density at radius 1 is 0.889 bits per heavy atom. The average molecular weight is 260 g/mol. The Kier molecular flexibility index (Phi) is 4.15. The van der Waals surface area contributed by atoms with E-state index in [0.717, 1.165) is 22.0 Å². The summed E-state index contributed by atoms with van der Waals surface area (Å²) < 4.78 is 10.7. The Bertz CT molecular complexity index is 524. The highest BCUT2D eigenvalue weighted by atomic mass is 32.2. The minimum atomic E-state index is 0.839. The van der Waals surface area contributed by atoms with E-state index in [1.54, 1.807) is 26.0 Å². The van der Waals surface area contributed by atoms with Crippen LogP contribution in [0.5, 0.6) is 11.5 Å². The van der Waals surface area contributed by atoms with Gasteiger partial charge in [-0.3, -0.25) is 0 Å². The molecule has 18 heavy (non-hydrogen) atoms. The lowest BCUT2D eigenvalue weighted by Gasteiger charge is -2.12. The zero-order valence-electron chi connectivity index (χ0n) is 10.8. The van der Waals surface area contributed by atoms with Crippen LogP contribution >= 0.6 is 11.8 Å². The van der Waals surface area contributed by atoms with Gasteiger partial charge < -0.3 is 9.47 Å². The van der Waals surface area contributed by atoms with Crippen LogP contribution in [0.2, 0.25) is 0 Å². The molecule has 2 rings (SSSR count). The van der Waals surface area contributed by atoms with Gasteiger partial charge in [0, 0.05) is 11.0 Å². The lowest BCUT2D eigenvalue weighted by atomic mass is 10.2. The summed E-state index contributed by atoms with van der Waals surface area (Å²) in [6, 6.07) is 14.3. The predicted molar refractivity (Wildman–Crippen MR) is 74.8 cm³/mol. The molecule has 94 valence electrons. The van der Waals surface area contributed by atoms with Crippen LogP contribution in [-0.4, -0.2) is 14.2 Å². The first-order valence-electron chi connectivity index (χ1n) is 5.70. The van der Waals surface area contributed by atoms with Crippen molar-refractivity contribution < 1.29 is 9.47 Å². The number of methoxy groups -OCH3 is 2. The third-order valence-electron chi connectivity index (χ3n) is 2.65. The van der Waals surface area contributed by atoms with Crippen molar-refractivity contribution in [2.24, 2.45) is 0 Å². The van der Waals surface area contributed by atoms with Crippen LogP contribution < -0.4 is 9.47 Å². The SMILES string of the molecule is COc1cc(OC)c(Sc2ccccc2)cc1C. The topological polar surface area (TPSA) is 18.5 Å². The second-order valence-electron chi connectivity index (χ2n) is 3.89. The first-order valence-corrected chi connectivity index (χ1v) is 6.51. The van der Waals surface area contributed by atoms with Crippen LogP contribution in [0.3, 0.4) is 0 Å². The van der Waals surface area contributed by atoms with Gasteiger partial charge in [-0.1, -0.05) is 30.0 Å². The van der Waals surface area contributed by atoms with Crippen molar-refractivity contribution in [3.63, 3.8) is 0 Å². The third-order valence-corrected chi connectivity index (χ3v) is 3.70. The summed E-state index contributed by atoms with van der Waals surface area (Å²) in [5, 5.41) is 0. The Hall–Kier alpha value is -1.61. The van der Waals surface area contributed by atoms with Crippen molar-refractivity contribution in [1.82, 2.24) is 0 Å². The molecule has 0 aromatic heterocycles. The number of hydrogen-bond acceptors (Lipinski definition) is 3. The van der Waals surface area contributed by atoms with Crippen molar-refractivity contribution >= 4 is 11.8 Å². The van der Waals surface area contributed by atoms with Gasteiger partial charge in [-0.15, -0.1) is 0 Å². The van der Waals surface area contributed by atoms with Gasteiger partial charge in [0.05, 0.1) is 19.1 Å². The lowest BCUT2D eigenvalue weighted by Crippen LogP contribution is -1.92. The molecule has 0 spiro atoms. The molecule has 2 aromatic carbocycles. The van der Waals surface area contributed by atoms with E-state index in [2.05, 4.69) is 18.2 Å². The highest BCUT2D eigenvalue weighted by molar-refractivity contribution is 7.99. The molecule has 0 heterocycles. The first-order chi connectivity index (χ1) is 8.74. The van der Waals surface area contributed by atoms with Crippen LogP contribution in [0.1, 0.15) is 5.56 Å². The lowest BCUT2D eigenvalue weighted by molar-refractivity contribution is 0.385. The number of hydrogen-bond donors (Lipinski definition) is 0. The molecule has 3 heteroatoms. The van der Waals surface area contributed by atoms with Crippen molar-refractivity contribution in [2.45, 2.75) is 16.7 Å². The van der Waals surface area contributed by atoms with Gasteiger partial charge in [0.15, 0.2) is 0 Å². The second kappa shape index (κ2) is 5.83. The fraction of sp³-hybridized carbons (Fsp3) is 0.200. The number of rotatable bonds is 4. The van der Waals surface area contributed by atoms with Gasteiger partial charge in [-0.25, -0.2) is 0 Å². The quantitative estimate of drug-likeness (QED) is 0.822. The minimum Gasteiger partial charge on any atom is -0.496 e. The fourth-order valence-electron chi connectivity index (χ4n) is 1.72. The van der Waals surface area contributed by atoms with E-state index in [9.17, 15) is 0 Å². The molecule has 0 saturated carbocycles. The van der Waals surface area contributed by atoms with Gasteiger partial charge >= 0.3 is 0 Å². The molecule has 0 atom stereocenters. The molecule has 0 aliphatic rings. The highest BCUT2D eigenvalue weighted by Gasteiger charge is 2.09. The monoisotopic (exact) mass is 260 g/mol. The number of ether oxygens (including phenoxy) is 2. The summed E-state index contributed by atoms with van der Waals surface area (Å²) in [7, 11) is 3.35. The predicted octanol–water partition coefficient (Wildman–Crippen LogP) is 4.16. The molecular weight excluding hydrogens is 244 g/mol. The van der Waals surface area contributed by atoms with Crippen molar-refractivity contribution in [1.29, 1.82) is 0 Å². The molecule has 0 unspecified atom stereocenters. The zero-order valence-corrected chi connectivity index (χ0v) is 11.6. The summed E-state index contributed by atoms with van der Waals surface area (Å²) in [5.41, 5.74) is 1.11. The Morgan fingerprint density at radius 2 is 1.56 bits per heavy atom. The molecule has 0 saturated heterocycles. The Balaban J connectivity index is 2.35. The van der Waals surface area contributed by atoms with E-state index in [-0.39, 0.29) is 0 Å². The molecule has 0 fully saturated rings. The average Bonchev–Trinajstić information content (AvgIpc) is 2.40. The van der Waals surface area contributed by atoms with E-state index in [4.69, 9.17) is 9.47 Å². The van der Waals surface area contributed by atoms with Crippen LogP contribution in [0.25, 0.3) is 0 Å². The van der Waals surface area contributed by atoms with E-state index < -0.39 is 0 Å². The summed E-state index contributed by atoms with van der Waals surface area (Å²) >= 11 is 1.69. The number of aryl methyl sites for hydroxylation is 1. The largest absolute Gasteiger partial charge is 0.496 e. The van der Waals surface area contributed by atoms with Crippen LogP contribution in [0, 0.1) is 6.92 Å². The molecular formula is C15H16O2S. The van der Waals surface area contributed by atoms with Gasteiger partial charge in [0.2, 0.25) is 0 Å². The van der Waals surface area contributed by atoms with Crippen LogP contribution in [0.4, 0.5) is 0 Å². The minimum absolute atomic E-state index is 0.839. The van der Waals surface area contributed by atoms with Gasteiger partial charge in [0.25, 0.3) is 0 Å². The molecule has 2 nitrogen and oxygen atoms in total. The maximum Gasteiger partial charge on any atom is 0.136 e. The number of benzene rings is 2. The van der Waals surface area contributed by atoms with Crippen LogP contribution in [0.15, 0.2) is 52.3 Å². The first kappa shape index (κ1) is 12.8. The van der Waals surface area contributed by atoms with Gasteiger partial charge in [-0.05, 0) is 30.7 Å². The van der Waals surface area contributed by atoms with E-state index in [1.807, 2.05) is 31.2 Å². The Morgan fingerprint density at radius 3 is 2.17 bits per heavy atom. The molecule has 0 radical (unpaired) electrons. The van der Waals surface area contributed by atoms with E-state index in [1.165, 1.54) is 4.90 Å². The molecule has 0 aliphatic carbocycles. The Labute approximate surface area is 112 Å². The van der Waals surface area contributed by atoms with E-state index >= 15 is 0 Å². The van der Waals surface area contributed by atoms with E-state index in [0.29, 0.717) is 0 Å². The molecule has 2 aromatic rings. The molecule has 0 amide bonds. The molecule has 0 N–H and O–H groups in total.